The van der Waals surface area contributed by atoms with Crippen molar-refractivity contribution in [3.63, 3.8) is 0 Å². The van der Waals surface area contributed by atoms with E-state index < -0.39 is 0 Å². The van der Waals surface area contributed by atoms with Crippen LogP contribution in [0.15, 0.2) is 121 Å². The molecule has 1 saturated heterocycles. The molecule has 0 bridgehead atoms. The standard InChI is InChI=1S/C19H21NO2.C13H13N.C6H10Br2O2/c1-2-22-19(21)17-13-14-20(17)18(15-9-5-3-6-10-15)16-11-7-4-8-12-16;14-13(11-7-3-1-4-8-11)12-9-5-2-6-10-12;1-2-10-6(9)5(8)3-4-7/h3-12,17-18H,2,13-14H2,1H3;1-10,13H,14H2;5H,2-4H2,1H3. The molecule has 4 aromatic rings. The first-order chi connectivity index (χ1) is 22.4. The number of hydrogen-bond donors (Lipinski definition) is 1. The summed E-state index contributed by atoms with van der Waals surface area (Å²) < 4.78 is 9.97. The minimum absolute atomic E-state index is 0.0163. The largest absolute Gasteiger partial charge is 0.465 e. The first kappa shape index (κ1) is 37.2. The summed E-state index contributed by atoms with van der Waals surface area (Å²) in [5.74, 6) is -0.285. The first-order valence-electron chi connectivity index (χ1n) is 15.7. The molecule has 0 spiro atoms. The minimum Gasteiger partial charge on any atom is -0.465 e. The van der Waals surface area contributed by atoms with E-state index in [2.05, 4.69) is 85.3 Å². The number of ether oxygens (including phenoxy) is 2. The number of halogens is 2. The Bertz CT molecular complexity index is 1330. The highest BCUT2D eigenvalue weighted by Gasteiger charge is 2.40. The molecule has 5 rings (SSSR count). The maximum atomic E-state index is 12.1. The fraction of sp³-hybridized carbons (Fsp3) is 0.316. The van der Waals surface area contributed by atoms with E-state index in [1.807, 2.05) is 79.7 Å². The Morgan fingerprint density at radius 1 is 0.739 bits per heavy atom. The molecule has 8 heteroatoms. The van der Waals surface area contributed by atoms with E-state index in [9.17, 15) is 9.59 Å². The molecule has 0 aliphatic carbocycles. The lowest BCUT2D eigenvalue weighted by atomic mass is 9.90. The lowest BCUT2D eigenvalue weighted by molar-refractivity contribution is -0.156. The molecule has 244 valence electrons. The van der Waals surface area contributed by atoms with Crippen LogP contribution in [0.1, 0.15) is 61.0 Å². The second-order valence-electron chi connectivity index (χ2n) is 10.5. The smallest absolute Gasteiger partial charge is 0.323 e. The van der Waals surface area contributed by atoms with Gasteiger partial charge in [-0.25, -0.2) is 0 Å². The van der Waals surface area contributed by atoms with Crippen LogP contribution in [-0.2, 0) is 19.1 Å². The highest BCUT2D eigenvalue weighted by Crippen LogP contribution is 2.36. The molecule has 0 radical (unpaired) electrons. The van der Waals surface area contributed by atoms with Crippen LogP contribution in [0.4, 0.5) is 0 Å². The van der Waals surface area contributed by atoms with E-state index in [0.717, 1.165) is 35.8 Å². The van der Waals surface area contributed by atoms with E-state index in [1.165, 1.54) is 11.1 Å². The molecule has 1 aliphatic heterocycles. The van der Waals surface area contributed by atoms with E-state index >= 15 is 0 Å². The van der Waals surface area contributed by atoms with Crippen molar-refractivity contribution >= 4 is 43.8 Å². The molecule has 1 fully saturated rings. The summed E-state index contributed by atoms with van der Waals surface area (Å²) in [5.41, 5.74) is 10.8. The van der Waals surface area contributed by atoms with Crippen molar-refractivity contribution < 1.29 is 19.1 Å². The Hall–Kier alpha value is -3.30. The number of rotatable bonds is 11. The van der Waals surface area contributed by atoms with Gasteiger partial charge < -0.3 is 15.2 Å². The number of carbonyl (C=O) groups is 2. The van der Waals surface area contributed by atoms with E-state index in [4.69, 9.17) is 15.2 Å². The van der Waals surface area contributed by atoms with Gasteiger partial charge in [-0.15, -0.1) is 0 Å². The molecule has 0 aromatic heterocycles. The Morgan fingerprint density at radius 3 is 1.50 bits per heavy atom. The zero-order valence-corrected chi connectivity index (χ0v) is 29.7. The fourth-order valence-corrected chi connectivity index (χ4v) is 6.45. The number of hydrogen-bond acceptors (Lipinski definition) is 6. The zero-order chi connectivity index (χ0) is 33.1. The summed E-state index contributed by atoms with van der Waals surface area (Å²) >= 11 is 6.43. The molecule has 4 aromatic carbocycles. The van der Waals surface area contributed by atoms with Gasteiger partial charge in [-0.1, -0.05) is 153 Å². The Kier molecular flexibility index (Phi) is 16.8. The molecule has 0 saturated carbocycles. The van der Waals surface area contributed by atoms with Gasteiger partial charge >= 0.3 is 11.9 Å². The molecule has 1 heterocycles. The van der Waals surface area contributed by atoms with Crippen LogP contribution in [0, 0.1) is 0 Å². The average Bonchev–Trinajstić information content (AvgIpc) is 3.09. The predicted molar refractivity (Wildman–Crippen MR) is 193 cm³/mol. The van der Waals surface area contributed by atoms with Gasteiger partial charge in [-0.3, -0.25) is 14.5 Å². The third kappa shape index (κ3) is 11.5. The van der Waals surface area contributed by atoms with Crippen molar-refractivity contribution in [2.24, 2.45) is 5.73 Å². The summed E-state index contributed by atoms with van der Waals surface area (Å²) in [6, 6.07) is 40.9. The summed E-state index contributed by atoms with van der Waals surface area (Å²) in [4.78, 5) is 25.1. The van der Waals surface area contributed by atoms with E-state index in [-0.39, 0.29) is 34.9 Å². The van der Waals surface area contributed by atoms with Gasteiger partial charge in [-0.2, -0.15) is 0 Å². The molecule has 2 atom stereocenters. The molecule has 0 amide bonds. The van der Waals surface area contributed by atoms with Crippen LogP contribution in [0.25, 0.3) is 0 Å². The van der Waals surface area contributed by atoms with Gasteiger partial charge in [0, 0.05) is 11.9 Å². The number of alkyl halides is 2. The van der Waals surface area contributed by atoms with Gasteiger partial charge in [0.2, 0.25) is 0 Å². The van der Waals surface area contributed by atoms with Gasteiger partial charge in [0.1, 0.15) is 10.9 Å². The second kappa shape index (κ2) is 20.7. The lowest BCUT2D eigenvalue weighted by Crippen LogP contribution is -2.54. The minimum atomic E-state index is -0.179. The highest BCUT2D eigenvalue weighted by molar-refractivity contribution is 9.10. The van der Waals surface area contributed by atoms with Crippen molar-refractivity contribution in [1.29, 1.82) is 0 Å². The lowest BCUT2D eigenvalue weighted by Gasteiger charge is -2.44. The highest BCUT2D eigenvalue weighted by atomic mass is 79.9. The molecular formula is C38H44Br2N2O4. The normalized spacial score (nSPS) is 14.5. The fourth-order valence-electron chi connectivity index (χ4n) is 5.01. The molecular weight excluding hydrogens is 708 g/mol. The maximum Gasteiger partial charge on any atom is 0.323 e. The van der Waals surface area contributed by atoms with Crippen LogP contribution < -0.4 is 5.73 Å². The Morgan fingerprint density at radius 2 is 1.15 bits per heavy atom. The summed E-state index contributed by atoms with van der Waals surface area (Å²) in [6.45, 7) is 5.45. The van der Waals surface area contributed by atoms with Crippen LogP contribution in [-0.4, -0.2) is 52.8 Å². The van der Waals surface area contributed by atoms with Crippen molar-refractivity contribution in [3.05, 3.63) is 144 Å². The van der Waals surface area contributed by atoms with Crippen LogP contribution in [0.2, 0.25) is 0 Å². The molecule has 6 nitrogen and oxygen atoms in total. The number of carbonyl (C=O) groups excluding carboxylic acids is 2. The maximum absolute atomic E-state index is 12.1. The van der Waals surface area contributed by atoms with Crippen molar-refractivity contribution in [2.45, 2.75) is 49.6 Å². The number of benzene rings is 4. The Balaban J connectivity index is 0.000000206. The molecule has 46 heavy (non-hydrogen) atoms. The van der Waals surface area contributed by atoms with Gasteiger partial charge in [0.15, 0.2) is 0 Å². The second-order valence-corrected chi connectivity index (χ2v) is 12.4. The van der Waals surface area contributed by atoms with Crippen LogP contribution in [0.3, 0.4) is 0 Å². The SMILES string of the molecule is CCOC(=O)C(Br)CCBr.CCOC(=O)C1CCN1C(c1ccccc1)c1ccccc1.NC(c1ccccc1)c1ccccc1. The number of nitrogens with two attached hydrogens (primary N) is 1. The quantitative estimate of drug-likeness (QED) is 0.123. The van der Waals surface area contributed by atoms with Crippen molar-refractivity contribution in [2.75, 3.05) is 25.1 Å². The van der Waals surface area contributed by atoms with Crippen LogP contribution in [0.5, 0.6) is 0 Å². The van der Waals surface area contributed by atoms with E-state index in [1.54, 1.807) is 6.92 Å². The average molecular weight is 753 g/mol. The number of esters is 2. The van der Waals surface area contributed by atoms with Gasteiger partial charge in [0.05, 0.1) is 25.3 Å². The Labute approximate surface area is 290 Å². The summed E-state index contributed by atoms with van der Waals surface area (Å²) in [6.07, 6.45) is 1.63. The molecule has 2 N–H and O–H groups in total. The summed E-state index contributed by atoms with van der Waals surface area (Å²) in [5, 5.41) is 0.807. The first-order valence-corrected chi connectivity index (χ1v) is 17.7. The zero-order valence-electron chi connectivity index (χ0n) is 26.5. The van der Waals surface area contributed by atoms with Crippen molar-refractivity contribution in [3.8, 4) is 0 Å². The number of nitrogens with zero attached hydrogens (tertiary/aromatic N) is 1. The topological polar surface area (TPSA) is 81.9 Å². The van der Waals surface area contributed by atoms with Crippen LogP contribution >= 0.6 is 31.9 Å². The monoisotopic (exact) mass is 750 g/mol. The molecule has 2 unspecified atom stereocenters. The van der Waals surface area contributed by atoms with Gasteiger partial charge in [-0.05, 0) is 48.9 Å². The van der Waals surface area contributed by atoms with E-state index in [0.29, 0.717) is 13.2 Å². The van der Waals surface area contributed by atoms with Gasteiger partial charge in [0.25, 0.3) is 0 Å². The third-order valence-electron chi connectivity index (χ3n) is 7.40. The molecule has 1 aliphatic rings. The van der Waals surface area contributed by atoms with Crippen molar-refractivity contribution in [1.82, 2.24) is 4.90 Å². The predicted octanol–water partition coefficient (Wildman–Crippen LogP) is 8.25. The third-order valence-corrected chi connectivity index (χ3v) is 8.69. The number of likely N-dealkylation sites (tertiary alicyclic amines) is 1. The summed E-state index contributed by atoms with van der Waals surface area (Å²) in [7, 11) is 0.